The Morgan fingerprint density at radius 3 is 2.54 bits per heavy atom. The fraction of sp³-hybridized carbons (Fsp3) is 0.294. The number of methoxy groups -OCH3 is 2. The molecule has 8 nitrogen and oxygen atoms in total. The number of sulfonamides is 1. The summed E-state index contributed by atoms with van der Waals surface area (Å²) in [6, 6.07) is 4.47. The zero-order valence-electron chi connectivity index (χ0n) is 15.6. The molecule has 28 heavy (non-hydrogen) atoms. The summed E-state index contributed by atoms with van der Waals surface area (Å²) >= 11 is 7.39. The van der Waals surface area contributed by atoms with Crippen LogP contribution in [0.5, 0.6) is 11.5 Å². The fourth-order valence-corrected chi connectivity index (χ4v) is 5.30. The Hall–Kier alpha value is -2.30. The summed E-state index contributed by atoms with van der Waals surface area (Å²) in [6.45, 7) is 3.60. The Morgan fingerprint density at radius 1 is 1.21 bits per heavy atom. The number of nitrogens with one attached hydrogen (secondary N) is 1. The van der Waals surface area contributed by atoms with Crippen LogP contribution in [-0.4, -0.2) is 32.8 Å². The van der Waals surface area contributed by atoms with E-state index in [1.54, 1.807) is 6.92 Å². The number of thiophene rings is 1. The van der Waals surface area contributed by atoms with Gasteiger partial charge in [0.15, 0.2) is 0 Å². The minimum absolute atomic E-state index is 0.115. The van der Waals surface area contributed by atoms with E-state index in [0.717, 1.165) is 0 Å². The molecule has 0 saturated carbocycles. The Kier molecular flexibility index (Phi) is 5.82. The number of hydrogen-bond acceptors (Lipinski definition) is 8. The van der Waals surface area contributed by atoms with Crippen LogP contribution in [0.25, 0.3) is 10.7 Å². The van der Waals surface area contributed by atoms with Crippen LogP contribution in [0, 0.1) is 6.92 Å². The lowest BCUT2D eigenvalue weighted by molar-refractivity contribution is 0.383. The molecule has 0 amide bonds. The molecule has 150 valence electrons. The number of nitrogens with zero attached hydrogens (tertiary/aromatic N) is 2. The van der Waals surface area contributed by atoms with Crippen LogP contribution in [0.4, 0.5) is 5.69 Å². The molecule has 0 aliphatic rings. The quantitative estimate of drug-likeness (QED) is 0.585. The van der Waals surface area contributed by atoms with E-state index >= 15 is 0 Å². The van der Waals surface area contributed by atoms with Crippen LogP contribution in [0.1, 0.15) is 17.7 Å². The summed E-state index contributed by atoms with van der Waals surface area (Å²) in [6.07, 6.45) is 0.599. The predicted molar refractivity (Wildman–Crippen MR) is 107 cm³/mol. The van der Waals surface area contributed by atoms with Gasteiger partial charge >= 0.3 is 0 Å². The second-order valence-corrected chi connectivity index (χ2v) is 9.00. The van der Waals surface area contributed by atoms with Crippen LogP contribution in [0.15, 0.2) is 27.6 Å². The van der Waals surface area contributed by atoms with Gasteiger partial charge in [0, 0.05) is 17.4 Å². The standard InChI is InChI=1S/C17H18ClN3O5S2/c1-5-16-19-17(20-26-16)14-8-15(9(2)27-14)28(22,23)21-11-6-10(18)12(24-3)7-13(11)25-4/h6-8,21H,5H2,1-4H3. The van der Waals surface area contributed by atoms with Crippen LogP contribution in [-0.2, 0) is 16.4 Å². The van der Waals surface area contributed by atoms with Gasteiger partial charge in [0.05, 0.1) is 29.8 Å². The minimum Gasteiger partial charge on any atom is -0.495 e. The van der Waals surface area contributed by atoms with E-state index in [1.165, 1.54) is 43.8 Å². The molecule has 11 heteroatoms. The highest BCUT2D eigenvalue weighted by Crippen LogP contribution is 2.38. The fourth-order valence-electron chi connectivity index (χ4n) is 2.48. The van der Waals surface area contributed by atoms with Crippen molar-refractivity contribution in [3.05, 3.63) is 34.0 Å². The molecule has 0 fully saturated rings. The molecule has 3 rings (SSSR count). The molecule has 2 aromatic heterocycles. The first-order valence-electron chi connectivity index (χ1n) is 8.16. The molecule has 0 unspecified atom stereocenters. The van der Waals surface area contributed by atoms with Gasteiger partial charge in [-0.05, 0) is 19.1 Å². The third-order valence-electron chi connectivity index (χ3n) is 3.87. The lowest BCUT2D eigenvalue weighted by Crippen LogP contribution is -2.14. The first-order valence-corrected chi connectivity index (χ1v) is 10.8. The molecule has 3 aromatic rings. The Morgan fingerprint density at radius 2 is 1.93 bits per heavy atom. The average molecular weight is 444 g/mol. The third kappa shape index (κ3) is 3.94. The molecule has 1 N–H and O–H groups in total. The number of halogens is 1. The van der Waals surface area contributed by atoms with E-state index in [0.29, 0.717) is 33.6 Å². The van der Waals surface area contributed by atoms with Gasteiger partial charge in [-0.15, -0.1) is 11.3 Å². The topological polar surface area (TPSA) is 104 Å². The van der Waals surface area contributed by atoms with Crippen molar-refractivity contribution in [2.75, 3.05) is 18.9 Å². The number of rotatable bonds is 7. The highest BCUT2D eigenvalue weighted by molar-refractivity contribution is 7.93. The smallest absolute Gasteiger partial charge is 0.263 e. The van der Waals surface area contributed by atoms with Crippen molar-refractivity contribution in [3.8, 4) is 22.2 Å². The Labute approximate surface area is 171 Å². The maximum atomic E-state index is 13.0. The number of ether oxygens (including phenoxy) is 2. The maximum absolute atomic E-state index is 13.0. The van der Waals surface area contributed by atoms with E-state index in [-0.39, 0.29) is 21.4 Å². The molecule has 0 aliphatic heterocycles. The third-order valence-corrected chi connectivity index (χ3v) is 6.83. The average Bonchev–Trinajstić information content (AvgIpc) is 3.28. The van der Waals surface area contributed by atoms with Gasteiger partial charge in [-0.2, -0.15) is 4.98 Å². The normalized spacial score (nSPS) is 11.5. The second kappa shape index (κ2) is 7.98. The molecular formula is C17H18ClN3O5S2. The van der Waals surface area contributed by atoms with Crippen LogP contribution >= 0.6 is 22.9 Å². The lowest BCUT2D eigenvalue weighted by atomic mass is 10.3. The summed E-state index contributed by atoms with van der Waals surface area (Å²) in [4.78, 5) is 5.54. The highest BCUT2D eigenvalue weighted by atomic mass is 35.5. The van der Waals surface area contributed by atoms with E-state index < -0.39 is 10.0 Å². The SMILES string of the molecule is CCc1nc(-c2cc(S(=O)(=O)Nc3cc(Cl)c(OC)cc3OC)c(C)s2)no1. The van der Waals surface area contributed by atoms with Gasteiger partial charge in [0.2, 0.25) is 11.7 Å². The molecule has 0 bridgehead atoms. The van der Waals surface area contributed by atoms with Gasteiger partial charge in [-0.1, -0.05) is 23.7 Å². The summed E-state index contributed by atoms with van der Waals surface area (Å²) in [5.74, 6) is 1.50. The molecule has 2 heterocycles. The van der Waals surface area contributed by atoms with Gasteiger partial charge in [0.25, 0.3) is 10.0 Å². The summed E-state index contributed by atoms with van der Waals surface area (Å²) in [7, 11) is -1.02. The molecule has 0 saturated heterocycles. The van der Waals surface area contributed by atoms with Gasteiger partial charge < -0.3 is 14.0 Å². The summed E-state index contributed by atoms with van der Waals surface area (Å²) in [5, 5.41) is 4.15. The summed E-state index contributed by atoms with van der Waals surface area (Å²) in [5.41, 5.74) is 0.202. The summed E-state index contributed by atoms with van der Waals surface area (Å²) < 4.78 is 43.9. The zero-order chi connectivity index (χ0) is 20.5. The van der Waals surface area contributed by atoms with Crippen molar-refractivity contribution in [2.45, 2.75) is 25.2 Å². The van der Waals surface area contributed by atoms with Crippen molar-refractivity contribution in [1.82, 2.24) is 10.1 Å². The predicted octanol–water partition coefficient (Wildman–Crippen LogP) is 4.14. The largest absolute Gasteiger partial charge is 0.495 e. The number of hydrogen-bond donors (Lipinski definition) is 1. The van der Waals surface area contributed by atoms with E-state index in [1.807, 2.05) is 6.92 Å². The van der Waals surface area contributed by atoms with E-state index in [2.05, 4.69) is 14.9 Å². The van der Waals surface area contributed by atoms with Crippen molar-refractivity contribution in [1.29, 1.82) is 0 Å². The minimum atomic E-state index is -3.90. The molecule has 0 aliphatic carbocycles. The van der Waals surface area contributed by atoms with Crippen LogP contribution in [0.3, 0.4) is 0 Å². The van der Waals surface area contributed by atoms with E-state index in [4.69, 9.17) is 25.6 Å². The van der Waals surface area contributed by atoms with Crippen molar-refractivity contribution < 1.29 is 22.4 Å². The molecule has 0 atom stereocenters. The molecule has 1 aromatic carbocycles. The zero-order valence-corrected chi connectivity index (χ0v) is 18.0. The van der Waals surface area contributed by atoms with Crippen molar-refractivity contribution >= 4 is 38.6 Å². The number of anilines is 1. The molecular weight excluding hydrogens is 426 g/mol. The molecule has 0 radical (unpaired) electrons. The van der Waals surface area contributed by atoms with Crippen LogP contribution in [0.2, 0.25) is 5.02 Å². The van der Waals surface area contributed by atoms with Gasteiger partial charge in [0.1, 0.15) is 16.4 Å². The van der Waals surface area contributed by atoms with E-state index in [9.17, 15) is 8.42 Å². The number of aromatic nitrogens is 2. The first-order chi connectivity index (χ1) is 13.3. The Bertz CT molecular complexity index is 1110. The molecule has 0 spiro atoms. The van der Waals surface area contributed by atoms with Gasteiger partial charge in [-0.25, -0.2) is 8.42 Å². The highest BCUT2D eigenvalue weighted by Gasteiger charge is 2.24. The number of aryl methyl sites for hydroxylation is 2. The van der Waals surface area contributed by atoms with Crippen LogP contribution < -0.4 is 14.2 Å². The van der Waals surface area contributed by atoms with Crippen molar-refractivity contribution in [3.63, 3.8) is 0 Å². The first kappa shape index (κ1) is 20.4. The monoisotopic (exact) mass is 443 g/mol. The second-order valence-electron chi connectivity index (χ2n) is 5.69. The van der Waals surface area contributed by atoms with Gasteiger partial charge in [-0.3, -0.25) is 4.72 Å². The maximum Gasteiger partial charge on any atom is 0.263 e. The Balaban J connectivity index is 1.97. The number of benzene rings is 1. The van der Waals surface area contributed by atoms with Crippen molar-refractivity contribution in [2.24, 2.45) is 0 Å². The lowest BCUT2D eigenvalue weighted by Gasteiger charge is -2.14.